The van der Waals surface area contributed by atoms with Crippen LogP contribution in [-0.4, -0.2) is 33.4 Å². The molecule has 1 atom stereocenters. The third-order valence-electron chi connectivity index (χ3n) is 5.83. The van der Waals surface area contributed by atoms with Gasteiger partial charge in [-0.3, -0.25) is 4.79 Å². The minimum atomic E-state index is 0.338. The van der Waals surface area contributed by atoms with Gasteiger partial charge in [-0.25, -0.2) is 4.98 Å². The molecule has 1 unspecified atom stereocenters. The summed E-state index contributed by atoms with van der Waals surface area (Å²) < 4.78 is 2.33. The van der Waals surface area contributed by atoms with Crippen molar-refractivity contribution in [3.8, 4) is 11.4 Å². The molecular weight excluding hydrogens is 310 g/mol. The van der Waals surface area contributed by atoms with E-state index in [9.17, 15) is 4.79 Å². The van der Waals surface area contributed by atoms with Crippen molar-refractivity contribution in [3.63, 3.8) is 0 Å². The largest absolute Gasteiger partial charge is 0.341 e. The standard InChI is InChI=1S/C21H27N3O/c1-16-14-22-21(18-9-3-2-4-10-18)24(16)19-11-12-23(15-19)20(25)13-17-7-5-6-8-17/h2-4,9-10,14,17,19H,5-8,11-13,15H2,1H3. The minimum Gasteiger partial charge on any atom is -0.341 e. The fourth-order valence-electron chi connectivity index (χ4n) is 4.48. The van der Waals surface area contributed by atoms with Crippen LogP contribution < -0.4 is 0 Å². The van der Waals surface area contributed by atoms with Crippen molar-refractivity contribution < 1.29 is 4.79 Å². The number of imidazole rings is 1. The summed E-state index contributed by atoms with van der Waals surface area (Å²) in [5, 5.41) is 0. The van der Waals surface area contributed by atoms with Gasteiger partial charge in [0.1, 0.15) is 5.82 Å². The summed E-state index contributed by atoms with van der Waals surface area (Å²) in [4.78, 5) is 19.4. The second-order valence-corrected chi connectivity index (χ2v) is 7.60. The van der Waals surface area contributed by atoms with Gasteiger partial charge in [0.05, 0.1) is 6.04 Å². The Morgan fingerprint density at radius 1 is 1.16 bits per heavy atom. The summed E-state index contributed by atoms with van der Waals surface area (Å²) in [6, 6.07) is 10.7. The lowest BCUT2D eigenvalue weighted by molar-refractivity contribution is -0.131. The molecule has 2 fully saturated rings. The van der Waals surface area contributed by atoms with Crippen LogP contribution in [0.4, 0.5) is 0 Å². The highest BCUT2D eigenvalue weighted by atomic mass is 16.2. The number of carbonyl (C=O) groups excluding carboxylic acids is 1. The first-order chi connectivity index (χ1) is 12.2. The van der Waals surface area contributed by atoms with Crippen LogP contribution >= 0.6 is 0 Å². The number of aryl methyl sites for hydroxylation is 1. The van der Waals surface area contributed by atoms with Crippen LogP contribution in [-0.2, 0) is 4.79 Å². The number of carbonyl (C=O) groups is 1. The van der Waals surface area contributed by atoms with E-state index in [4.69, 9.17) is 0 Å². The normalized spacial score (nSPS) is 21.2. The Morgan fingerprint density at radius 2 is 1.92 bits per heavy atom. The van der Waals surface area contributed by atoms with Gasteiger partial charge in [-0.1, -0.05) is 43.2 Å². The van der Waals surface area contributed by atoms with E-state index in [1.165, 1.54) is 31.4 Å². The summed E-state index contributed by atoms with van der Waals surface area (Å²) in [5.41, 5.74) is 2.32. The number of likely N-dealkylation sites (tertiary alicyclic amines) is 1. The molecule has 4 nitrogen and oxygen atoms in total. The first-order valence-corrected chi connectivity index (χ1v) is 9.59. The van der Waals surface area contributed by atoms with Crippen LogP contribution in [0.15, 0.2) is 36.5 Å². The number of aromatic nitrogens is 2. The molecule has 2 aliphatic rings. The summed E-state index contributed by atoms with van der Waals surface area (Å²) in [7, 11) is 0. The Kier molecular flexibility index (Phi) is 4.60. The number of rotatable bonds is 4. The van der Waals surface area contributed by atoms with Crippen molar-refractivity contribution in [3.05, 3.63) is 42.2 Å². The maximum Gasteiger partial charge on any atom is 0.222 e. The summed E-state index contributed by atoms with van der Waals surface area (Å²) in [6.45, 7) is 3.81. The van der Waals surface area contributed by atoms with Crippen LogP contribution in [0.5, 0.6) is 0 Å². The lowest BCUT2D eigenvalue weighted by Crippen LogP contribution is -2.30. The molecule has 132 valence electrons. The Labute approximate surface area is 149 Å². The highest BCUT2D eigenvalue weighted by Gasteiger charge is 2.31. The van der Waals surface area contributed by atoms with Crippen LogP contribution in [0.25, 0.3) is 11.4 Å². The van der Waals surface area contributed by atoms with Crippen molar-refractivity contribution in [1.82, 2.24) is 14.5 Å². The van der Waals surface area contributed by atoms with Crippen LogP contribution in [0.2, 0.25) is 0 Å². The number of hydrogen-bond donors (Lipinski definition) is 0. The topological polar surface area (TPSA) is 38.1 Å². The van der Waals surface area contributed by atoms with E-state index in [0.29, 0.717) is 17.9 Å². The maximum absolute atomic E-state index is 12.7. The molecule has 0 spiro atoms. The molecule has 1 saturated carbocycles. The Balaban J connectivity index is 1.48. The molecule has 2 aromatic rings. The zero-order valence-electron chi connectivity index (χ0n) is 15.0. The molecule has 1 saturated heterocycles. The Hall–Kier alpha value is -2.10. The zero-order chi connectivity index (χ0) is 17.2. The van der Waals surface area contributed by atoms with Gasteiger partial charge >= 0.3 is 0 Å². The number of hydrogen-bond acceptors (Lipinski definition) is 2. The van der Waals surface area contributed by atoms with Crippen molar-refractivity contribution in [1.29, 1.82) is 0 Å². The van der Waals surface area contributed by atoms with E-state index in [2.05, 4.69) is 45.6 Å². The van der Waals surface area contributed by atoms with Crippen LogP contribution in [0, 0.1) is 12.8 Å². The lowest BCUT2D eigenvalue weighted by atomic mass is 10.0. The van der Waals surface area contributed by atoms with Crippen molar-refractivity contribution in [2.24, 2.45) is 5.92 Å². The van der Waals surface area contributed by atoms with Gasteiger partial charge in [0.15, 0.2) is 0 Å². The van der Waals surface area contributed by atoms with Crippen molar-refractivity contribution in [2.45, 2.75) is 51.5 Å². The van der Waals surface area contributed by atoms with E-state index < -0.39 is 0 Å². The molecule has 2 heterocycles. The maximum atomic E-state index is 12.7. The van der Waals surface area contributed by atoms with E-state index in [0.717, 1.165) is 37.3 Å². The Bertz CT molecular complexity index is 731. The Morgan fingerprint density at radius 3 is 2.68 bits per heavy atom. The average Bonchev–Trinajstić information content (AvgIpc) is 3.36. The van der Waals surface area contributed by atoms with Gasteiger partial charge in [-0.15, -0.1) is 0 Å². The third-order valence-corrected chi connectivity index (χ3v) is 5.83. The molecule has 1 aromatic heterocycles. The second-order valence-electron chi connectivity index (χ2n) is 7.60. The number of amides is 1. The van der Waals surface area contributed by atoms with E-state index in [1.54, 1.807) is 0 Å². The smallest absolute Gasteiger partial charge is 0.222 e. The van der Waals surface area contributed by atoms with E-state index in [1.807, 2.05) is 12.3 Å². The predicted molar refractivity (Wildman–Crippen MR) is 99.2 cm³/mol. The number of benzene rings is 1. The van der Waals surface area contributed by atoms with Gasteiger partial charge in [0.25, 0.3) is 0 Å². The molecule has 25 heavy (non-hydrogen) atoms. The number of nitrogens with zero attached hydrogens (tertiary/aromatic N) is 3. The van der Waals surface area contributed by atoms with E-state index >= 15 is 0 Å². The predicted octanol–water partition coefficient (Wildman–Crippen LogP) is 4.21. The summed E-state index contributed by atoms with van der Waals surface area (Å²) in [5.74, 6) is 2.00. The van der Waals surface area contributed by atoms with Gasteiger partial charge < -0.3 is 9.47 Å². The van der Waals surface area contributed by atoms with Crippen molar-refractivity contribution >= 4 is 5.91 Å². The molecule has 1 aromatic carbocycles. The van der Waals surface area contributed by atoms with Crippen molar-refractivity contribution in [2.75, 3.05) is 13.1 Å². The summed E-state index contributed by atoms with van der Waals surface area (Å²) in [6.07, 6.45) is 8.80. The molecule has 0 bridgehead atoms. The van der Waals surface area contributed by atoms with Gasteiger partial charge in [0.2, 0.25) is 5.91 Å². The average molecular weight is 337 g/mol. The molecular formula is C21H27N3O. The molecule has 0 N–H and O–H groups in total. The van der Waals surface area contributed by atoms with Gasteiger partial charge in [0, 0.05) is 37.0 Å². The molecule has 1 amide bonds. The molecule has 0 radical (unpaired) electrons. The second kappa shape index (κ2) is 7.03. The van der Waals surface area contributed by atoms with E-state index in [-0.39, 0.29) is 0 Å². The molecule has 4 rings (SSSR count). The van der Waals surface area contributed by atoms with Crippen LogP contribution in [0.1, 0.15) is 50.3 Å². The molecule has 4 heteroatoms. The molecule has 1 aliphatic heterocycles. The quantitative estimate of drug-likeness (QED) is 0.838. The SMILES string of the molecule is Cc1cnc(-c2ccccc2)n1C1CCN(C(=O)CC2CCCC2)C1. The first-order valence-electron chi connectivity index (χ1n) is 9.59. The van der Waals surface area contributed by atoms with Gasteiger partial charge in [-0.2, -0.15) is 0 Å². The van der Waals surface area contributed by atoms with Crippen LogP contribution in [0.3, 0.4) is 0 Å². The minimum absolute atomic E-state index is 0.338. The fourth-order valence-corrected chi connectivity index (χ4v) is 4.48. The summed E-state index contributed by atoms with van der Waals surface area (Å²) >= 11 is 0. The highest BCUT2D eigenvalue weighted by Crippen LogP contribution is 2.32. The monoisotopic (exact) mass is 337 g/mol. The zero-order valence-corrected chi connectivity index (χ0v) is 15.0. The molecule has 1 aliphatic carbocycles. The lowest BCUT2D eigenvalue weighted by Gasteiger charge is -2.21. The highest BCUT2D eigenvalue weighted by molar-refractivity contribution is 5.76. The third kappa shape index (κ3) is 3.35. The first kappa shape index (κ1) is 16.4. The fraction of sp³-hybridized carbons (Fsp3) is 0.524. The van der Waals surface area contributed by atoms with Gasteiger partial charge in [-0.05, 0) is 32.1 Å².